The van der Waals surface area contributed by atoms with Crippen LogP contribution in [0.5, 0.6) is 0 Å². The van der Waals surface area contributed by atoms with Crippen molar-refractivity contribution in [2.75, 3.05) is 20.3 Å². The summed E-state index contributed by atoms with van der Waals surface area (Å²) in [5.74, 6) is 0. The Kier molecular flexibility index (Phi) is 6.20. The fourth-order valence-corrected chi connectivity index (χ4v) is 1.42. The lowest BCUT2D eigenvalue weighted by Gasteiger charge is -2.15. The van der Waals surface area contributed by atoms with Gasteiger partial charge in [0.15, 0.2) is 0 Å². The van der Waals surface area contributed by atoms with Gasteiger partial charge in [0.2, 0.25) is 0 Å². The molecule has 0 aliphatic rings. The molecule has 0 aromatic carbocycles. The van der Waals surface area contributed by atoms with E-state index in [0.29, 0.717) is 12.3 Å². The molecular weight excluding hydrogens is 238 g/mol. The van der Waals surface area contributed by atoms with Crippen molar-refractivity contribution < 1.29 is 19.7 Å². The van der Waals surface area contributed by atoms with Gasteiger partial charge in [0.05, 0.1) is 44.3 Å². The van der Waals surface area contributed by atoms with Crippen molar-refractivity contribution in [2.24, 2.45) is 0 Å². The SMILES string of the molecule is COCC(C)OCC(O)Cn1cc(C(C)O)nn1. The molecule has 2 N–H and O–H groups in total. The van der Waals surface area contributed by atoms with Crippen molar-refractivity contribution in [3.63, 3.8) is 0 Å². The van der Waals surface area contributed by atoms with Gasteiger partial charge in [-0.2, -0.15) is 0 Å². The van der Waals surface area contributed by atoms with E-state index in [2.05, 4.69) is 10.3 Å². The van der Waals surface area contributed by atoms with Crippen molar-refractivity contribution in [3.8, 4) is 0 Å². The minimum atomic E-state index is -0.673. The smallest absolute Gasteiger partial charge is 0.111 e. The van der Waals surface area contributed by atoms with Crippen molar-refractivity contribution in [3.05, 3.63) is 11.9 Å². The molecule has 1 aromatic rings. The first-order valence-electron chi connectivity index (χ1n) is 5.89. The molecule has 0 saturated carbocycles. The molecule has 0 bridgehead atoms. The Morgan fingerprint density at radius 1 is 1.33 bits per heavy atom. The molecule has 3 unspecified atom stereocenters. The van der Waals surface area contributed by atoms with E-state index in [9.17, 15) is 10.2 Å². The Morgan fingerprint density at radius 3 is 2.61 bits per heavy atom. The molecule has 0 amide bonds. The molecule has 0 radical (unpaired) electrons. The zero-order chi connectivity index (χ0) is 13.5. The van der Waals surface area contributed by atoms with Crippen LogP contribution < -0.4 is 0 Å². The maximum atomic E-state index is 9.75. The van der Waals surface area contributed by atoms with Crippen LogP contribution in [-0.2, 0) is 16.0 Å². The molecule has 1 aromatic heterocycles. The number of aliphatic hydroxyl groups excluding tert-OH is 2. The van der Waals surface area contributed by atoms with Crippen LogP contribution >= 0.6 is 0 Å². The zero-order valence-corrected chi connectivity index (χ0v) is 11.0. The molecule has 18 heavy (non-hydrogen) atoms. The van der Waals surface area contributed by atoms with Crippen LogP contribution in [0, 0.1) is 0 Å². The predicted molar refractivity (Wildman–Crippen MR) is 64.0 cm³/mol. The maximum absolute atomic E-state index is 9.75. The number of hydrogen-bond acceptors (Lipinski definition) is 6. The van der Waals surface area contributed by atoms with Crippen LogP contribution in [0.1, 0.15) is 25.6 Å². The minimum Gasteiger partial charge on any atom is -0.389 e. The van der Waals surface area contributed by atoms with E-state index >= 15 is 0 Å². The van der Waals surface area contributed by atoms with E-state index in [0.717, 1.165) is 0 Å². The zero-order valence-electron chi connectivity index (χ0n) is 11.0. The topological polar surface area (TPSA) is 89.6 Å². The van der Waals surface area contributed by atoms with Crippen LogP contribution in [0.3, 0.4) is 0 Å². The summed E-state index contributed by atoms with van der Waals surface area (Å²) in [7, 11) is 1.60. The molecular formula is C11H21N3O4. The summed E-state index contributed by atoms with van der Waals surface area (Å²) in [6.07, 6.45) is 0.210. The number of ether oxygens (including phenoxy) is 2. The molecule has 7 heteroatoms. The van der Waals surface area contributed by atoms with E-state index in [1.807, 2.05) is 6.92 Å². The molecule has 3 atom stereocenters. The van der Waals surface area contributed by atoms with E-state index in [1.54, 1.807) is 20.2 Å². The molecule has 0 spiro atoms. The summed E-state index contributed by atoms with van der Waals surface area (Å²) in [5.41, 5.74) is 0.482. The summed E-state index contributed by atoms with van der Waals surface area (Å²) >= 11 is 0. The van der Waals surface area contributed by atoms with Gasteiger partial charge >= 0.3 is 0 Å². The number of rotatable bonds is 8. The van der Waals surface area contributed by atoms with Gasteiger partial charge in [0, 0.05) is 7.11 Å². The fourth-order valence-electron chi connectivity index (χ4n) is 1.42. The summed E-state index contributed by atoms with van der Waals surface area (Å²) in [6.45, 7) is 4.45. The van der Waals surface area contributed by atoms with Crippen LogP contribution in [0.4, 0.5) is 0 Å². The third kappa shape index (κ3) is 5.09. The van der Waals surface area contributed by atoms with Crippen molar-refractivity contribution in [1.29, 1.82) is 0 Å². The number of aromatic nitrogens is 3. The second-order valence-corrected chi connectivity index (χ2v) is 4.29. The van der Waals surface area contributed by atoms with Gasteiger partial charge in [0.25, 0.3) is 0 Å². The average Bonchev–Trinajstić information content (AvgIpc) is 2.75. The molecule has 0 fully saturated rings. The highest BCUT2D eigenvalue weighted by Gasteiger charge is 2.11. The summed E-state index contributed by atoms with van der Waals surface area (Å²) in [5, 5.41) is 26.6. The first-order valence-corrected chi connectivity index (χ1v) is 5.89. The Hall–Kier alpha value is -1.02. The molecule has 1 heterocycles. The van der Waals surface area contributed by atoms with Gasteiger partial charge in [-0.05, 0) is 13.8 Å². The molecule has 1 rings (SSSR count). The fraction of sp³-hybridized carbons (Fsp3) is 0.818. The number of nitrogens with zero attached hydrogens (tertiary/aromatic N) is 3. The molecule has 0 saturated heterocycles. The second-order valence-electron chi connectivity index (χ2n) is 4.29. The van der Waals surface area contributed by atoms with Crippen molar-refractivity contribution in [1.82, 2.24) is 15.0 Å². The van der Waals surface area contributed by atoms with Gasteiger partial charge in [-0.3, -0.25) is 0 Å². The first kappa shape index (κ1) is 15.0. The standard InChI is InChI=1S/C11H21N3O4/c1-8(6-17-3)18-7-10(16)4-14-5-11(9(2)15)12-13-14/h5,8-10,15-16H,4,6-7H2,1-3H3. The number of hydrogen-bond donors (Lipinski definition) is 2. The average molecular weight is 259 g/mol. The van der Waals surface area contributed by atoms with E-state index < -0.39 is 12.2 Å². The molecule has 0 aliphatic heterocycles. The predicted octanol–water partition coefficient (Wildman–Crippen LogP) is -0.256. The Balaban J connectivity index is 2.32. The number of aliphatic hydroxyl groups is 2. The molecule has 0 aliphatic carbocycles. The quantitative estimate of drug-likeness (QED) is 0.669. The van der Waals surface area contributed by atoms with Crippen molar-refractivity contribution in [2.45, 2.75) is 38.7 Å². The Labute approximate surface area is 106 Å². The summed E-state index contributed by atoms with van der Waals surface area (Å²) in [6, 6.07) is 0. The highest BCUT2D eigenvalue weighted by Crippen LogP contribution is 2.06. The van der Waals surface area contributed by atoms with Crippen LogP contribution in [0.15, 0.2) is 6.20 Å². The highest BCUT2D eigenvalue weighted by molar-refractivity contribution is 4.95. The van der Waals surface area contributed by atoms with Gasteiger partial charge in [-0.15, -0.1) is 5.10 Å². The Bertz CT molecular complexity index is 343. The minimum absolute atomic E-state index is 0.0616. The molecule has 104 valence electrons. The van der Waals surface area contributed by atoms with Crippen molar-refractivity contribution >= 4 is 0 Å². The van der Waals surface area contributed by atoms with Gasteiger partial charge in [0.1, 0.15) is 5.69 Å². The first-order chi connectivity index (χ1) is 8.52. The van der Waals surface area contributed by atoms with Crippen LogP contribution in [0.25, 0.3) is 0 Å². The van der Waals surface area contributed by atoms with E-state index in [1.165, 1.54) is 4.68 Å². The van der Waals surface area contributed by atoms with Gasteiger partial charge < -0.3 is 19.7 Å². The molecule has 7 nitrogen and oxygen atoms in total. The van der Waals surface area contributed by atoms with Crippen LogP contribution in [-0.4, -0.2) is 57.7 Å². The lowest BCUT2D eigenvalue weighted by Crippen LogP contribution is -2.26. The van der Waals surface area contributed by atoms with Crippen LogP contribution in [0.2, 0.25) is 0 Å². The highest BCUT2D eigenvalue weighted by atomic mass is 16.5. The third-order valence-electron chi connectivity index (χ3n) is 2.36. The monoisotopic (exact) mass is 259 g/mol. The van der Waals surface area contributed by atoms with Gasteiger partial charge in [-0.1, -0.05) is 5.21 Å². The normalized spacial score (nSPS) is 16.5. The summed E-state index contributed by atoms with van der Waals surface area (Å²) in [4.78, 5) is 0. The number of methoxy groups -OCH3 is 1. The third-order valence-corrected chi connectivity index (χ3v) is 2.36. The second kappa shape index (κ2) is 7.42. The maximum Gasteiger partial charge on any atom is 0.111 e. The van der Waals surface area contributed by atoms with E-state index in [4.69, 9.17) is 9.47 Å². The summed E-state index contributed by atoms with van der Waals surface area (Å²) < 4.78 is 11.8. The van der Waals surface area contributed by atoms with E-state index in [-0.39, 0.29) is 19.3 Å². The largest absolute Gasteiger partial charge is 0.389 e. The van der Waals surface area contributed by atoms with Gasteiger partial charge in [-0.25, -0.2) is 4.68 Å². The Morgan fingerprint density at radius 2 is 2.06 bits per heavy atom. The lowest BCUT2D eigenvalue weighted by molar-refractivity contribution is -0.0365. The lowest BCUT2D eigenvalue weighted by atomic mass is 10.3.